The van der Waals surface area contributed by atoms with Crippen LogP contribution in [0.25, 0.3) is 0 Å². The molecule has 4 aliphatic rings. The molecular weight excluding hydrogens is 268 g/mol. The fraction of sp³-hybridized carbons (Fsp3) is 0.938. The van der Waals surface area contributed by atoms with Gasteiger partial charge in [0, 0.05) is 32.2 Å². The molecule has 1 spiro atoms. The summed E-state index contributed by atoms with van der Waals surface area (Å²) in [6.07, 6.45) is 6.06. The fourth-order valence-corrected chi connectivity index (χ4v) is 3.88. The molecule has 1 aliphatic carbocycles. The minimum absolute atomic E-state index is 0.0983. The lowest BCUT2D eigenvalue weighted by Gasteiger charge is -2.50. The van der Waals surface area contributed by atoms with Gasteiger partial charge in [-0.2, -0.15) is 0 Å². The normalized spacial score (nSPS) is 31.0. The van der Waals surface area contributed by atoms with E-state index in [0.717, 1.165) is 71.2 Å². The second kappa shape index (κ2) is 5.43. The standard InChI is InChI=1S/C16H26N2O3/c19-15(17-6-1-2-7-17)18-11-16(12-18)14(5-8-21-16)10-20-9-13-3-4-13/h13-14H,1-12H2/t14-/m0/s1. The Morgan fingerprint density at radius 1 is 1.10 bits per heavy atom. The highest BCUT2D eigenvalue weighted by Gasteiger charge is 2.55. The van der Waals surface area contributed by atoms with Crippen molar-refractivity contribution in [2.24, 2.45) is 11.8 Å². The van der Waals surface area contributed by atoms with Gasteiger partial charge in [0.15, 0.2) is 0 Å². The Kier molecular flexibility index (Phi) is 3.58. The van der Waals surface area contributed by atoms with Crippen LogP contribution in [-0.4, -0.2) is 67.4 Å². The number of likely N-dealkylation sites (tertiary alicyclic amines) is 2. The van der Waals surface area contributed by atoms with Crippen molar-refractivity contribution in [1.82, 2.24) is 9.80 Å². The molecule has 0 aromatic rings. The van der Waals surface area contributed by atoms with E-state index in [-0.39, 0.29) is 11.6 Å². The summed E-state index contributed by atoms with van der Waals surface area (Å²) >= 11 is 0. The quantitative estimate of drug-likeness (QED) is 0.793. The van der Waals surface area contributed by atoms with Gasteiger partial charge < -0.3 is 19.3 Å². The molecule has 21 heavy (non-hydrogen) atoms. The van der Waals surface area contributed by atoms with Crippen LogP contribution in [0.4, 0.5) is 4.79 Å². The summed E-state index contributed by atoms with van der Waals surface area (Å²) < 4.78 is 11.9. The average molecular weight is 294 g/mol. The lowest BCUT2D eigenvalue weighted by Crippen LogP contribution is -2.68. The number of carbonyl (C=O) groups excluding carboxylic acids is 1. The Bertz CT molecular complexity index is 398. The van der Waals surface area contributed by atoms with E-state index in [1.54, 1.807) is 0 Å². The number of amides is 2. The summed E-state index contributed by atoms with van der Waals surface area (Å²) in [5.74, 6) is 1.29. The summed E-state index contributed by atoms with van der Waals surface area (Å²) in [5.41, 5.74) is -0.0983. The van der Waals surface area contributed by atoms with Gasteiger partial charge in [0.25, 0.3) is 0 Å². The second-order valence-electron chi connectivity index (χ2n) is 7.21. The number of carbonyl (C=O) groups is 1. The summed E-state index contributed by atoms with van der Waals surface area (Å²) in [4.78, 5) is 16.3. The van der Waals surface area contributed by atoms with Gasteiger partial charge >= 0.3 is 6.03 Å². The fourth-order valence-electron chi connectivity index (χ4n) is 3.88. The van der Waals surface area contributed by atoms with Crippen LogP contribution in [0, 0.1) is 11.8 Å². The minimum atomic E-state index is -0.0983. The number of ether oxygens (including phenoxy) is 2. The van der Waals surface area contributed by atoms with Crippen molar-refractivity contribution in [1.29, 1.82) is 0 Å². The second-order valence-corrected chi connectivity index (χ2v) is 7.21. The average Bonchev–Trinajstić information content (AvgIpc) is 2.96. The highest BCUT2D eigenvalue weighted by Crippen LogP contribution is 2.41. The topological polar surface area (TPSA) is 42.0 Å². The van der Waals surface area contributed by atoms with Crippen LogP contribution < -0.4 is 0 Å². The molecule has 0 bridgehead atoms. The molecule has 0 unspecified atom stereocenters. The van der Waals surface area contributed by atoms with Crippen LogP contribution in [0.1, 0.15) is 32.1 Å². The largest absolute Gasteiger partial charge is 0.381 e. The summed E-state index contributed by atoms with van der Waals surface area (Å²) in [5, 5.41) is 0. The molecule has 0 aromatic heterocycles. The Hall–Kier alpha value is -0.810. The molecule has 1 atom stereocenters. The summed E-state index contributed by atoms with van der Waals surface area (Å²) in [6.45, 7) is 5.93. The number of nitrogens with zero attached hydrogens (tertiary/aromatic N) is 2. The van der Waals surface area contributed by atoms with Crippen LogP contribution >= 0.6 is 0 Å². The zero-order valence-corrected chi connectivity index (χ0v) is 12.8. The van der Waals surface area contributed by atoms with E-state index < -0.39 is 0 Å². The van der Waals surface area contributed by atoms with E-state index in [4.69, 9.17) is 9.47 Å². The molecule has 4 rings (SSSR count). The van der Waals surface area contributed by atoms with E-state index in [1.807, 2.05) is 9.80 Å². The Balaban J connectivity index is 1.27. The number of hydrogen-bond acceptors (Lipinski definition) is 3. The van der Waals surface area contributed by atoms with Crippen molar-refractivity contribution in [3.05, 3.63) is 0 Å². The Morgan fingerprint density at radius 3 is 2.57 bits per heavy atom. The van der Waals surface area contributed by atoms with Gasteiger partial charge in [-0.3, -0.25) is 0 Å². The molecule has 0 radical (unpaired) electrons. The molecule has 4 fully saturated rings. The minimum Gasteiger partial charge on any atom is -0.381 e. The third-order valence-electron chi connectivity index (χ3n) is 5.53. The summed E-state index contributed by atoms with van der Waals surface area (Å²) in [7, 11) is 0. The van der Waals surface area contributed by atoms with Crippen molar-refractivity contribution in [2.45, 2.75) is 37.7 Å². The predicted octanol–water partition coefficient (Wildman–Crippen LogP) is 1.72. The number of hydrogen-bond donors (Lipinski definition) is 0. The molecular formula is C16H26N2O3. The molecule has 5 heteroatoms. The van der Waals surface area contributed by atoms with E-state index >= 15 is 0 Å². The maximum Gasteiger partial charge on any atom is 0.320 e. The maximum absolute atomic E-state index is 12.4. The molecule has 1 saturated carbocycles. The maximum atomic E-state index is 12.4. The molecule has 2 amide bonds. The van der Waals surface area contributed by atoms with Crippen molar-refractivity contribution in [3.8, 4) is 0 Å². The molecule has 0 aromatic carbocycles. The first-order valence-electron chi connectivity index (χ1n) is 8.52. The van der Waals surface area contributed by atoms with E-state index in [2.05, 4.69) is 0 Å². The van der Waals surface area contributed by atoms with Crippen molar-refractivity contribution >= 4 is 6.03 Å². The van der Waals surface area contributed by atoms with E-state index in [9.17, 15) is 4.79 Å². The van der Waals surface area contributed by atoms with Crippen LogP contribution in [0.5, 0.6) is 0 Å². The van der Waals surface area contributed by atoms with Crippen molar-refractivity contribution in [3.63, 3.8) is 0 Å². The lowest BCUT2D eigenvalue weighted by molar-refractivity contribution is -0.129. The first kappa shape index (κ1) is 13.8. The summed E-state index contributed by atoms with van der Waals surface area (Å²) in [6, 6.07) is 0.214. The highest BCUT2D eigenvalue weighted by molar-refractivity contribution is 5.76. The predicted molar refractivity (Wildman–Crippen MR) is 78.1 cm³/mol. The SMILES string of the molecule is O=C(N1CCCC1)N1CC2(C1)OCC[C@H]2COCC1CC1. The zero-order chi connectivity index (χ0) is 14.3. The third-order valence-corrected chi connectivity index (χ3v) is 5.53. The number of urea groups is 1. The third kappa shape index (κ3) is 2.66. The van der Waals surface area contributed by atoms with Crippen LogP contribution in [0.15, 0.2) is 0 Å². The number of rotatable bonds is 4. The molecule has 0 N–H and O–H groups in total. The van der Waals surface area contributed by atoms with E-state index in [0.29, 0.717) is 5.92 Å². The highest BCUT2D eigenvalue weighted by atomic mass is 16.5. The van der Waals surface area contributed by atoms with Gasteiger partial charge in [0.05, 0.1) is 19.7 Å². The van der Waals surface area contributed by atoms with Crippen molar-refractivity contribution < 1.29 is 14.3 Å². The Morgan fingerprint density at radius 2 is 1.86 bits per heavy atom. The molecule has 118 valence electrons. The van der Waals surface area contributed by atoms with Gasteiger partial charge in [-0.05, 0) is 38.0 Å². The van der Waals surface area contributed by atoms with Gasteiger partial charge in [-0.15, -0.1) is 0 Å². The van der Waals surface area contributed by atoms with Gasteiger partial charge in [-0.25, -0.2) is 4.79 Å². The smallest absolute Gasteiger partial charge is 0.320 e. The van der Waals surface area contributed by atoms with Crippen LogP contribution in [0.2, 0.25) is 0 Å². The molecule has 5 nitrogen and oxygen atoms in total. The lowest BCUT2D eigenvalue weighted by atomic mass is 9.81. The molecule has 3 aliphatic heterocycles. The zero-order valence-electron chi connectivity index (χ0n) is 12.8. The molecule has 3 heterocycles. The monoisotopic (exact) mass is 294 g/mol. The van der Waals surface area contributed by atoms with Gasteiger partial charge in [0.2, 0.25) is 0 Å². The van der Waals surface area contributed by atoms with E-state index in [1.165, 1.54) is 12.8 Å². The first-order chi connectivity index (χ1) is 10.3. The van der Waals surface area contributed by atoms with Crippen LogP contribution in [0.3, 0.4) is 0 Å². The van der Waals surface area contributed by atoms with Crippen molar-refractivity contribution in [2.75, 3.05) is 46.0 Å². The van der Waals surface area contributed by atoms with Crippen LogP contribution in [-0.2, 0) is 9.47 Å². The first-order valence-corrected chi connectivity index (χ1v) is 8.52. The Labute approximate surface area is 126 Å². The van der Waals surface area contributed by atoms with Gasteiger partial charge in [0.1, 0.15) is 5.60 Å². The van der Waals surface area contributed by atoms with Gasteiger partial charge in [-0.1, -0.05) is 0 Å². The molecule has 3 saturated heterocycles.